The zero-order chi connectivity index (χ0) is 22.6. The van der Waals surface area contributed by atoms with Gasteiger partial charge in [-0.2, -0.15) is 13.2 Å². The average molecular weight is 438 g/mol. The summed E-state index contributed by atoms with van der Waals surface area (Å²) in [6.45, 7) is 0.498. The van der Waals surface area contributed by atoms with Crippen LogP contribution in [0.2, 0.25) is 0 Å². The second-order valence-corrected chi connectivity index (χ2v) is 6.85. The summed E-state index contributed by atoms with van der Waals surface area (Å²) in [5.41, 5.74) is 2.32. The molecule has 2 aromatic carbocycles. The zero-order valence-corrected chi connectivity index (χ0v) is 16.5. The number of nitrogens with zero attached hydrogens (tertiary/aromatic N) is 4. The van der Waals surface area contributed by atoms with E-state index in [-0.39, 0.29) is 5.69 Å². The number of anilines is 2. The van der Waals surface area contributed by atoms with Gasteiger partial charge in [-0.1, -0.05) is 23.4 Å². The predicted molar refractivity (Wildman–Crippen MR) is 113 cm³/mol. The number of rotatable bonds is 5. The van der Waals surface area contributed by atoms with Crippen molar-refractivity contribution in [2.75, 3.05) is 10.6 Å². The van der Waals surface area contributed by atoms with Crippen molar-refractivity contribution >= 4 is 17.4 Å². The Labute approximate surface area is 180 Å². The molecule has 32 heavy (non-hydrogen) atoms. The predicted octanol–water partition coefficient (Wildman–Crippen LogP) is 5.05. The van der Waals surface area contributed by atoms with Gasteiger partial charge in [0.05, 0.1) is 24.0 Å². The molecule has 0 aliphatic heterocycles. The van der Waals surface area contributed by atoms with Crippen molar-refractivity contribution in [3.05, 3.63) is 90.4 Å². The van der Waals surface area contributed by atoms with Gasteiger partial charge in [-0.05, 0) is 48.5 Å². The van der Waals surface area contributed by atoms with E-state index in [0.29, 0.717) is 17.9 Å². The molecule has 10 heteroatoms. The van der Waals surface area contributed by atoms with Crippen molar-refractivity contribution < 1.29 is 18.0 Å². The molecule has 2 amide bonds. The first-order valence-corrected chi connectivity index (χ1v) is 9.52. The maximum atomic E-state index is 12.6. The Morgan fingerprint density at radius 2 is 1.56 bits per heavy atom. The quantitative estimate of drug-likeness (QED) is 0.457. The third-order valence-electron chi connectivity index (χ3n) is 4.50. The number of carbonyl (C=O) groups excluding carboxylic acids is 1. The molecule has 4 rings (SSSR count). The van der Waals surface area contributed by atoms with Crippen molar-refractivity contribution in [2.24, 2.45) is 0 Å². The Hall–Kier alpha value is -4.21. The molecular formula is C22H17F3N6O. The summed E-state index contributed by atoms with van der Waals surface area (Å²) < 4.78 is 39.5. The van der Waals surface area contributed by atoms with E-state index in [4.69, 9.17) is 0 Å². The highest BCUT2D eigenvalue weighted by Gasteiger charge is 2.29. The molecular weight excluding hydrogens is 421 g/mol. The molecule has 2 N–H and O–H groups in total. The van der Waals surface area contributed by atoms with Gasteiger partial charge >= 0.3 is 12.2 Å². The Bertz CT molecular complexity index is 1190. The first kappa shape index (κ1) is 21.0. The summed E-state index contributed by atoms with van der Waals surface area (Å²) in [4.78, 5) is 16.4. The fourth-order valence-electron chi connectivity index (χ4n) is 2.93. The average Bonchev–Trinajstić information content (AvgIpc) is 3.23. The number of halogens is 3. The lowest BCUT2D eigenvalue weighted by Crippen LogP contribution is -2.19. The van der Waals surface area contributed by atoms with Crippen molar-refractivity contribution in [3.8, 4) is 11.3 Å². The summed E-state index contributed by atoms with van der Waals surface area (Å²) in [5, 5.41) is 13.4. The third-order valence-corrected chi connectivity index (χ3v) is 4.50. The zero-order valence-electron chi connectivity index (χ0n) is 16.5. The van der Waals surface area contributed by atoms with E-state index < -0.39 is 17.8 Å². The van der Waals surface area contributed by atoms with E-state index in [9.17, 15) is 18.0 Å². The molecule has 0 aliphatic rings. The van der Waals surface area contributed by atoms with Gasteiger partial charge in [0.2, 0.25) is 0 Å². The normalized spacial score (nSPS) is 11.2. The minimum atomic E-state index is -4.42. The third kappa shape index (κ3) is 5.28. The fraction of sp³-hybridized carbons (Fsp3) is 0.0909. The standard InChI is InChI=1S/C22H17F3N6O/c23-22(24,25)16-6-10-18(11-7-16)28-21(32)27-17-8-4-15(5-9-17)20-14-31(30-29-20)13-19-3-1-2-12-26-19/h1-12,14H,13H2,(H2,27,28,32). The molecule has 0 bridgehead atoms. The fourth-order valence-corrected chi connectivity index (χ4v) is 2.93. The second kappa shape index (κ2) is 8.88. The molecule has 0 saturated heterocycles. The first-order valence-electron chi connectivity index (χ1n) is 9.52. The molecule has 162 valence electrons. The van der Waals surface area contributed by atoms with E-state index in [0.717, 1.165) is 23.4 Å². The van der Waals surface area contributed by atoms with E-state index in [1.807, 2.05) is 18.2 Å². The minimum Gasteiger partial charge on any atom is -0.308 e. The SMILES string of the molecule is O=C(Nc1ccc(-c2cn(Cc3ccccn3)nn2)cc1)Nc1ccc(C(F)(F)F)cc1. The highest BCUT2D eigenvalue weighted by molar-refractivity contribution is 5.99. The molecule has 0 atom stereocenters. The number of benzene rings is 2. The number of pyridine rings is 1. The molecule has 7 nitrogen and oxygen atoms in total. The molecule has 2 aromatic heterocycles. The number of alkyl halides is 3. The number of urea groups is 1. The molecule has 0 unspecified atom stereocenters. The summed E-state index contributed by atoms with van der Waals surface area (Å²) in [5.74, 6) is 0. The lowest BCUT2D eigenvalue weighted by atomic mass is 10.1. The number of hydrogen-bond acceptors (Lipinski definition) is 4. The van der Waals surface area contributed by atoms with Crippen LogP contribution in [0.1, 0.15) is 11.3 Å². The van der Waals surface area contributed by atoms with Gasteiger partial charge in [-0.25, -0.2) is 9.48 Å². The molecule has 4 aromatic rings. The van der Waals surface area contributed by atoms with Crippen LogP contribution in [0.15, 0.2) is 79.1 Å². The van der Waals surface area contributed by atoms with Crippen molar-refractivity contribution in [3.63, 3.8) is 0 Å². The van der Waals surface area contributed by atoms with Gasteiger partial charge in [-0.15, -0.1) is 5.10 Å². The highest BCUT2D eigenvalue weighted by atomic mass is 19.4. The molecule has 0 spiro atoms. The summed E-state index contributed by atoms with van der Waals surface area (Å²) in [7, 11) is 0. The van der Waals surface area contributed by atoms with Crippen LogP contribution in [0.5, 0.6) is 0 Å². The van der Waals surface area contributed by atoms with Crippen LogP contribution in [0.3, 0.4) is 0 Å². The van der Waals surface area contributed by atoms with Crippen molar-refractivity contribution in [1.29, 1.82) is 0 Å². The van der Waals surface area contributed by atoms with E-state index in [1.54, 1.807) is 41.3 Å². The molecule has 0 aliphatic carbocycles. The number of carbonyl (C=O) groups is 1. The summed E-state index contributed by atoms with van der Waals surface area (Å²) in [6, 6.07) is 16.2. The van der Waals surface area contributed by atoms with Gasteiger partial charge in [0, 0.05) is 23.1 Å². The van der Waals surface area contributed by atoms with Gasteiger partial charge in [0.25, 0.3) is 0 Å². The van der Waals surface area contributed by atoms with Crippen molar-refractivity contribution in [1.82, 2.24) is 20.0 Å². The lowest BCUT2D eigenvalue weighted by molar-refractivity contribution is -0.137. The lowest BCUT2D eigenvalue weighted by Gasteiger charge is -2.10. The Morgan fingerprint density at radius 3 is 2.16 bits per heavy atom. The second-order valence-electron chi connectivity index (χ2n) is 6.85. The van der Waals surface area contributed by atoms with Gasteiger partial charge in [-0.3, -0.25) is 4.98 Å². The Balaban J connectivity index is 1.35. The van der Waals surface area contributed by atoms with Crippen LogP contribution in [-0.4, -0.2) is 26.0 Å². The largest absolute Gasteiger partial charge is 0.416 e. The van der Waals surface area contributed by atoms with Crippen LogP contribution in [0, 0.1) is 0 Å². The molecule has 0 fully saturated rings. The maximum absolute atomic E-state index is 12.6. The van der Waals surface area contributed by atoms with Gasteiger partial charge in [0.15, 0.2) is 0 Å². The molecule has 0 saturated carbocycles. The van der Waals surface area contributed by atoms with Gasteiger partial charge < -0.3 is 10.6 Å². The first-order chi connectivity index (χ1) is 15.4. The monoisotopic (exact) mass is 438 g/mol. The maximum Gasteiger partial charge on any atom is 0.416 e. The number of amides is 2. The summed E-state index contributed by atoms with van der Waals surface area (Å²) in [6.07, 6.45) is -0.909. The number of nitrogens with one attached hydrogen (secondary N) is 2. The van der Waals surface area contributed by atoms with E-state index in [1.165, 1.54) is 12.1 Å². The van der Waals surface area contributed by atoms with E-state index in [2.05, 4.69) is 25.9 Å². The van der Waals surface area contributed by atoms with Crippen LogP contribution in [-0.2, 0) is 12.7 Å². The van der Waals surface area contributed by atoms with Crippen LogP contribution < -0.4 is 10.6 Å². The Kier molecular flexibility index (Phi) is 5.84. The highest BCUT2D eigenvalue weighted by Crippen LogP contribution is 2.29. The van der Waals surface area contributed by atoms with Crippen molar-refractivity contribution in [2.45, 2.75) is 12.7 Å². The number of aromatic nitrogens is 4. The molecule has 2 heterocycles. The van der Waals surface area contributed by atoms with Crippen LogP contribution in [0.4, 0.5) is 29.3 Å². The Morgan fingerprint density at radius 1 is 0.906 bits per heavy atom. The van der Waals surface area contributed by atoms with E-state index >= 15 is 0 Å². The van der Waals surface area contributed by atoms with Gasteiger partial charge in [0.1, 0.15) is 5.69 Å². The minimum absolute atomic E-state index is 0.247. The summed E-state index contributed by atoms with van der Waals surface area (Å²) >= 11 is 0. The number of hydrogen-bond donors (Lipinski definition) is 2. The van der Waals surface area contributed by atoms with Crippen LogP contribution in [0.25, 0.3) is 11.3 Å². The van der Waals surface area contributed by atoms with Crippen LogP contribution >= 0.6 is 0 Å². The molecule has 0 radical (unpaired) electrons. The topological polar surface area (TPSA) is 84.7 Å². The smallest absolute Gasteiger partial charge is 0.308 e.